The van der Waals surface area contributed by atoms with Gasteiger partial charge >= 0.3 is 0 Å². The van der Waals surface area contributed by atoms with Crippen molar-refractivity contribution in [3.8, 4) is 0 Å². The van der Waals surface area contributed by atoms with Gasteiger partial charge in [-0.1, -0.05) is 53.9 Å². The number of carbonyl (C=O) groups is 1. The Kier molecular flexibility index (Phi) is 5.32. The Morgan fingerprint density at radius 2 is 1.75 bits per heavy atom. The van der Waals surface area contributed by atoms with Crippen LogP contribution in [0.3, 0.4) is 0 Å². The number of rotatable bonds is 6. The second-order valence-electron chi connectivity index (χ2n) is 12.4. The van der Waals surface area contributed by atoms with Gasteiger partial charge in [0.1, 0.15) is 6.29 Å². The maximum atomic E-state index is 12.4. The minimum absolute atomic E-state index is 0.117. The van der Waals surface area contributed by atoms with Gasteiger partial charge in [-0.05, 0) is 104 Å². The van der Waals surface area contributed by atoms with Gasteiger partial charge in [-0.3, -0.25) is 0 Å². The fourth-order valence-electron chi connectivity index (χ4n) is 9.42. The molecule has 4 saturated carbocycles. The molecule has 4 fully saturated rings. The van der Waals surface area contributed by atoms with Gasteiger partial charge in [0.2, 0.25) is 0 Å². The third kappa shape index (κ3) is 2.73. The summed E-state index contributed by atoms with van der Waals surface area (Å²) in [5.74, 6) is 5.37. The average molecular weight is 386 g/mol. The van der Waals surface area contributed by atoms with E-state index in [2.05, 4.69) is 41.5 Å². The monoisotopic (exact) mass is 385 g/mol. The van der Waals surface area contributed by atoms with E-state index in [9.17, 15) is 4.79 Å². The van der Waals surface area contributed by atoms with Crippen LogP contribution in [0.25, 0.3) is 0 Å². The van der Waals surface area contributed by atoms with E-state index in [1.807, 2.05) is 0 Å². The molecule has 0 aromatic heterocycles. The zero-order valence-electron chi connectivity index (χ0n) is 19.3. The Bertz CT molecular complexity index is 595. The van der Waals surface area contributed by atoms with E-state index in [1.54, 1.807) is 0 Å². The summed E-state index contributed by atoms with van der Waals surface area (Å²) in [6.45, 7) is 16.9. The average Bonchev–Trinajstić information content (AvgIpc) is 3.20. The summed E-state index contributed by atoms with van der Waals surface area (Å²) in [6, 6.07) is 0. The van der Waals surface area contributed by atoms with Gasteiger partial charge in [0.15, 0.2) is 0 Å². The van der Waals surface area contributed by atoms with Crippen molar-refractivity contribution in [1.29, 1.82) is 0 Å². The molecule has 0 aromatic carbocycles. The summed E-state index contributed by atoms with van der Waals surface area (Å²) < 4.78 is 0. The summed E-state index contributed by atoms with van der Waals surface area (Å²) >= 11 is 0. The van der Waals surface area contributed by atoms with Crippen LogP contribution in [-0.4, -0.2) is 6.29 Å². The maximum Gasteiger partial charge on any atom is 0.126 e. The first-order valence-electron chi connectivity index (χ1n) is 12.5. The molecule has 0 aromatic rings. The van der Waals surface area contributed by atoms with Crippen LogP contribution in [0.1, 0.15) is 98.8 Å². The molecule has 0 spiro atoms. The van der Waals surface area contributed by atoms with E-state index in [0.29, 0.717) is 11.3 Å². The van der Waals surface area contributed by atoms with E-state index in [1.165, 1.54) is 57.7 Å². The molecule has 0 heterocycles. The van der Waals surface area contributed by atoms with E-state index in [0.717, 1.165) is 48.3 Å². The van der Waals surface area contributed by atoms with Gasteiger partial charge in [-0.2, -0.15) is 0 Å². The quantitative estimate of drug-likeness (QED) is 0.437. The van der Waals surface area contributed by atoms with E-state index in [4.69, 9.17) is 0 Å². The van der Waals surface area contributed by atoms with E-state index in [-0.39, 0.29) is 10.8 Å². The molecule has 4 rings (SSSR count). The second-order valence-corrected chi connectivity index (χ2v) is 12.4. The van der Waals surface area contributed by atoms with Crippen molar-refractivity contribution in [2.75, 3.05) is 0 Å². The topological polar surface area (TPSA) is 17.1 Å². The fourth-order valence-corrected chi connectivity index (χ4v) is 9.42. The molecular formula is C27H45O. The summed E-state index contributed by atoms with van der Waals surface area (Å²) in [5, 5.41) is 0. The number of fused-ring (bicyclic) bond motifs is 5. The molecule has 0 bridgehead atoms. The molecule has 1 nitrogen and oxygen atoms in total. The predicted octanol–water partition coefficient (Wildman–Crippen LogP) is 7.35. The lowest BCUT2D eigenvalue weighted by Crippen LogP contribution is -2.44. The Morgan fingerprint density at radius 3 is 2.43 bits per heavy atom. The second kappa shape index (κ2) is 7.12. The fraction of sp³-hybridized carbons (Fsp3) is 0.926. The molecule has 9 atom stereocenters. The third-order valence-electron chi connectivity index (χ3n) is 11.0. The number of aldehydes is 1. The van der Waals surface area contributed by atoms with Gasteiger partial charge < -0.3 is 4.79 Å². The van der Waals surface area contributed by atoms with Crippen molar-refractivity contribution in [1.82, 2.24) is 0 Å². The molecule has 28 heavy (non-hydrogen) atoms. The van der Waals surface area contributed by atoms with Crippen molar-refractivity contribution in [2.24, 2.45) is 57.7 Å². The Morgan fingerprint density at radius 1 is 1.00 bits per heavy atom. The first-order chi connectivity index (χ1) is 13.2. The molecule has 4 aliphatic carbocycles. The largest absolute Gasteiger partial charge is 0.303 e. The van der Waals surface area contributed by atoms with E-state index >= 15 is 0 Å². The van der Waals surface area contributed by atoms with Crippen LogP contribution in [0.5, 0.6) is 0 Å². The zero-order chi connectivity index (χ0) is 20.3. The molecule has 0 amide bonds. The number of carbonyl (C=O) groups excluding carboxylic acids is 1. The van der Waals surface area contributed by atoms with Crippen LogP contribution in [-0.2, 0) is 4.79 Å². The smallest absolute Gasteiger partial charge is 0.126 e. The highest BCUT2D eigenvalue weighted by atomic mass is 16.1. The Hall–Kier alpha value is -0.330. The van der Waals surface area contributed by atoms with E-state index < -0.39 is 0 Å². The number of hydrogen-bond donors (Lipinski definition) is 0. The molecule has 159 valence electrons. The van der Waals surface area contributed by atoms with Gasteiger partial charge in [-0.25, -0.2) is 0 Å². The highest BCUT2D eigenvalue weighted by Crippen LogP contribution is 2.75. The minimum atomic E-state index is -0.117. The summed E-state index contributed by atoms with van der Waals surface area (Å²) in [5.41, 5.74) is 0.636. The first-order valence-corrected chi connectivity index (χ1v) is 12.5. The predicted molar refractivity (Wildman–Crippen MR) is 118 cm³/mol. The lowest BCUT2D eigenvalue weighted by molar-refractivity contribution is -0.122. The third-order valence-corrected chi connectivity index (χ3v) is 11.0. The van der Waals surface area contributed by atoms with Crippen molar-refractivity contribution >= 4 is 6.29 Å². The first kappa shape index (κ1) is 20.9. The molecule has 1 radical (unpaired) electrons. The van der Waals surface area contributed by atoms with Crippen molar-refractivity contribution in [3.05, 3.63) is 6.92 Å². The molecule has 0 unspecified atom stereocenters. The highest BCUT2D eigenvalue weighted by Gasteiger charge is 2.70. The van der Waals surface area contributed by atoms with Gasteiger partial charge in [0, 0.05) is 5.41 Å². The maximum absolute atomic E-state index is 12.4. The normalized spacial score (nSPS) is 51.0. The molecule has 0 aliphatic heterocycles. The van der Waals surface area contributed by atoms with Crippen LogP contribution in [0.15, 0.2) is 0 Å². The molecule has 0 N–H and O–H groups in total. The van der Waals surface area contributed by atoms with Crippen LogP contribution in [0, 0.1) is 64.6 Å². The van der Waals surface area contributed by atoms with Crippen molar-refractivity contribution < 1.29 is 4.79 Å². The summed E-state index contributed by atoms with van der Waals surface area (Å²) in [7, 11) is 0. The lowest BCUT2D eigenvalue weighted by atomic mass is 9.54. The van der Waals surface area contributed by atoms with Gasteiger partial charge in [0.05, 0.1) is 0 Å². The number of hydrogen-bond acceptors (Lipinski definition) is 1. The molecular weight excluding hydrogens is 340 g/mol. The van der Waals surface area contributed by atoms with Crippen molar-refractivity contribution in [3.63, 3.8) is 0 Å². The van der Waals surface area contributed by atoms with Gasteiger partial charge in [0.25, 0.3) is 0 Å². The molecule has 4 aliphatic rings. The standard InChI is InChI=1S/C27H45O/c1-18(2)8-7-9-19(3)22-10-11-23-21-16-27(17-28)20(4)12-15-26(27,6)24(21)13-14-25(22,23)5/h17-24H,4,7-16H2,1-3,5-6H3/t19-,20+,21+,22-,23+,24+,25-,26-,27+/m1/s1. The van der Waals surface area contributed by atoms with Crippen LogP contribution in [0.4, 0.5) is 0 Å². The van der Waals surface area contributed by atoms with Gasteiger partial charge in [-0.15, -0.1) is 0 Å². The SMILES string of the molecule is [CH2][C@H]1CC[C@]2(C)[C@H]3CC[C@]4(C)[C@@H]([C@H](C)CCCC(C)C)CC[C@H]4[C@@H]3C[C@]12C=O. The van der Waals surface area contributed by atoms with Crippen LogP contribution in [0.2, 0.25) is 0 Å². The van der Waals surface area contributed by atoms with Crippen molar-refractivity contribution in [2.45, 2.75) is 98.8 Å². The van der Waals surface area contributed by atoms with Crippen LogP contribution < -0.4 is 0 Å². The zero-order valence-corrected chi connectivity index (χ0v) is 19.3. The Labute approximate surface area is 174 Å². The lowest BCUT2D eigenvalue weighted by Gasteiger charge is -2.50. The Balaban J connectivity index is 1.53. The molecule has 1 heteroatoms. The summed E-state index contributed by atoms with van der Waals surface area (Å²) in [6.07, 6.45) is 14.8. The minimum Gasteiger partial charge on any atom is -0.303 e. The summed E-state index contributed by atoms with van der Waals surface area (Å²) in [4.78, 5) is 12.4. The molecule has 0 saturated heterocycles. The van der Waals surface area contributed by atoms with Crippen LogP contribution >= 0.6 is 0 Å². The highest BCUT2D eigenvalue weighted by molar-refractivity contribution is 5.64.